The molecule has 0 amide bonds. The van der Waals surface area contributed by atoms with Gasteiger partial charge in [0.15, 0.2) is 0 Å². The smallest absolute Gasteiger partial charge is 0.805 e. The minimum Gasteiger partial charge on any atom is -0.805 e. The average molecular weight is 311 g/mol. The maximum absolute atomic E-state index is 12.4. The number of nitriles is 2. The number of benzene rings is 2. The van der Waals surface area contributed by atoms with Crippen molar-refractivity contribution in [1.29, 1.82) is 10.5 Å². The molecule has 5 nitrogen and oxygen atoms in total. The molecule has 0 unspecified atom stereocenters. The molecule has 0 atom stereocenters. The molecule has 1 aromatic heterocycles. The van der Waals surface area contributed by atoms with Gasteiger partial charge in [-0.25, -0.2) is 0 Å². The Morgan fingerprint density at radius 2 is 1.61 bits per heavy atom. The Hall–Kier alpha value is -2.44. The number of fused-ring (bicyclic) bond motifs is 1. The normalized spacial score (nSPS) is 9.70. The van der Waals surface area contributed by atoms with Crippen molar-refractivity contribution < 1.29 is 34.3 Å². The molecule has 0 saturated carbocycles. The van der Waals surface area contributed by atoms with E-state index in [1.54, 1.807) is 43.5 Å². The zero-order valence-electron chi connectivity index (χ0n) is 12.7. The Bertz CT molecular complexity index is 947. The van der Waals surface area contributed by atoms with Crippen molar-refractivity contribution in [1.82, 2.24) is 4.73 Å². The summed E-state index contributed by atoms with van der Waals surface area (Å²) in [5.41, 5.74) is 2.05. The van der Waals surface area contributed by atoms with Crippen LogP contribution in [0.5, 0.6) is 5.75 Å². The van der Waals surface area contributed by atoms with Crippen molar-refractivity contribution >= 4 is 10.9 Å². The second-order valence-electron chi connectivity index (χ2n) is 4.73. The van der Waals surface area contributed by atoms with Crippen LogP contribution in [0.1, 0.15) is 11.1 Å². The summed E-state index contributed by atoms with van der Waals surface area (Å²) >= 11 is 0. The number of hydrogen-bond donors (Lipinski definition) is 0. The molecular weight excluding hydrogens is 301 g/mol. The first-order valence-corrected chi connectivity index (χ1v) is 6.49. The molecule has 1 heterocycles. The van der Waals surface area contributed by atoms with E-state index in [-0.39, 0.29) is 40.7 Å². The Kier molecular flexibility index (Phi) is 4.98. The molecule has 0 spiro atoms. The summed E-state index contributed by atoms with van der Waals surface area (Å²) in [5, 5.41) is 31.2. The Labute approximate surface area is 155 Å². The summed E-state index contributed by atoms with van der Waals surface area (Å²) in [6.07, 6.45) is 0. The predicted molar refractivity (Wildman–Crippen MR) is 82.1 cm³/mol. The zero-order valence-corrected chi connectivity index (χ0v) is 14.7. The first kappa shape index (κ1) is 16.9. The Balaban J connectivity index is 0.00000192. The van der Waals surface area contributed by atoms with E-state index >= 15 is 0 Å². The average Bonchev–Trinajstić information content (AvgIpc) is 2.89. The fraction of sp³-hybridized carbons (Fsp3) is 0.0588. The molecule has 6 heteroatoms. The predicted octanol–water partition coefficient (Wildman–Crippen LogP) is 0.410. The molecule has 0 bridgehead atoms. The van der Waals surface area contributed by atoms with Gasteiger partial charge in [0.25, 0.3) is 0 Å². The van der Waals surface area contributed by atoms with Gasteiger partial charge in [0.05, 0.1) is 18.2 Å². The molecule has 106 valence electrons. The minimum atomic E-state index is 0. The van der Waals surface area contributed by atoms with Crippen molar-refractivity contribution in [3.8, 4) is 29.1 Å². The van der Waals surface area contributed by atoms with E-state index in [0.717, 1.165) is 10.3 Å². The summed E-state index contributed by atoms with van der Waals surface area (Å²) in [5.74, 6) is 0.704. The number of nitrogens with zero attached hydrogens (tertiary/aromatic N) is 3. The van der Waals surface area contributed by atoms with Crippen LogP contribution in [0.3, 0.4) is 0 Å². The molecule has 2 aromatic carbocycles. The number of rotatable bonds is 2. The summed E-state index contributed by atoms with van der Waals surface area (Å²) in [6, 6.07) is 15.8. The van der Waals surface area contributed by atoms with Gasteiger partial charge in [0, 0.05) is 16.6 Å². The van der Waals surface area contributed by atoms with Gasteiger partial charge in [0.1, 0.15) is 17.9 Å². The topological polar surface area (TPSA) is 84.8 Å². The molecule has 23 heavy (non-hydrogen) atoms. The van der Waals surface area contributed by atoms with Crippen molar-refractivity contribution in [3.63, 3.8) is 0 Å². The summed E-state index contributed by atoms with van der Waals surface area (Å²) in [4.78, 5) is 0. The SMILES string of the molecule is COc1ccc(-c2cc3cc(C#N)c(C#N)cc3n2[O-])cc1.[Na+]. The molecule has 3 rings (SSSR count). The molecule has 0 aliphatic heterocycles. The zero-order chi connectivity index (χ0) is 15.7. The van der Waals surface area contributed by atoms with E-state index in [9.17, 15) is 5.21 Å². The third-order valence-electron chi connectivity index (χ3n) is 3.52. The largest absolute Gasteiger partial charge is 1.00 e. The summed E-state index contributed by atoms with van der Waals surface area (Å²) < 4.78 is 5.87. The van der Waals surface area contributed by atoms with Crippen LogP contribution >= 0.6 is 0 Å². The van der Waals surface area contributed by atoms with Gasteiger partial charge in [-0.05, 0) is 48.0 Å². The van der Waals surface area contributed by atoms with E-state index in [0.29, 0.717) is 22.3 Å². The quantitative estimate of drug-likeness (QED) is 0.642. The van der Waals surface area contributed by atoms with Crippen LogP contribution in [0.4, 0.5) is 0 Å². The van der Waals surface area contributed by atoms with Gasteiger partial charge in [-0.15, -0.1) is 0 Å². The van der Waals surface area contributed by atoms with Crippen LogP contribution in [0, 0.1) is 27.9 Å². The second kappa shape index (κ2) is 6.76. The molecule has 0 saturated heterocycles. The van der Waals surface area contributed by atoms with Crippen LogP contribution in [0.2, 0.25) is 0 Å². The molecule has 3 aromatic rings. The van der Waals surface area contributed by atoms with Gasteiger partial charge in [-0.1, -0.05) is 0 Å². The Morgan fingerprint density at radius 3 is 2.17 bits per heavy atom. The van der Waals surface area contributed by atoms with Crippen LogP contribution in [-0.2, 0) is 0 Å². The molecular formula is C17H10N3NaO2. The van der Waals surface area contributed by atoms with Gasteiger partial charge in [0.2, 0.25) is 0 Å². The maximum atomic E-state index is 12.4. The van der Waals surface area contributed by atoms with Gasteiger partial charge in [-0.2, -0.15) is 10.5 Å². The van der Waals surface area contributed by atoms with Crippen LogP contribution in [-0.4, -0.2) is 11.8 Å². The summed E-state index contributed by atoms with van der Waals surface area (Å²) in [6.45, 7) is 0. The van der Waals surface area contributed by atoms with E-state index < -0.39 is 0 Å². The monoisotopic (exact) mass is 311 g/mol. The van der Waals surface area contributed by atoms with Gasteiger partial charge < -0.3 is 14.7 Å². The second-order valence-corrected chi connectivity index (χ2v) is 4.73. The van der Waals surface area contributed by atoms with E-state index in [1.165, 1.54) is 6.07 Å². The van der Waals surface area contributed by atoms with Crippen LogP contribution < -0.4 is 34.3 Å². The number of methoxy groups -OCH3 is 1. The molecule has 0 radical (unpaired) electrons. The van der Waals surface area contributed by atoms with Gasteiger partial charge in [-0.3, -0.25) is 0 Å². The van der Waals surface area contributed by atoms with E-state index in [2.05, 4.69) is 0 Å². The van der Waals surface area contributed by atoms with Crippen LogP contribution in [0.15, 0.2) is 42.5 Å². The third-order valence-corrected chi connectivity index (χ3v) is 3.52. The van der Waals surface area contributed by atoms with E-state index in [4.69, 9.17) is 15.3 Å². The fourth-order valence-electron chi connectivity index (χ4n) is 2.38. The number of hydrogen-bond acceptors (Lipinski definition) is 4. The molecule has 0 aliphatic rings. The third kappa shape index (κ3) is 2.91. The van der Waals surface area contributed by atoms with E-state index in [1.807, 2.05) is 12.1 Å². The summed E-state index contributed by atoms with van der Waals surface area (Å²) in [7, 11) is 1.58. The number of aromatic nitrogens is 1. The number of ether oxygens (including phenoxy) is 1. The standard InChI is InChI=1S/C17H10N3O2.Na/c1-22-15-4-2-11(3-5-15)16-7-12-6-13(9-18)14(10-19)8-17(12)20(16)21;/h2-8H,1H3;/q-1;+1. The maximum Gasteiger partial charge on any atom is 1.00 e. The first-order valence-electron chi connectivity index (χ1n) is 6.49. The van der Waals surface area contributed by atoms with Crippen molar-refractivity contribution in [2.24, 2.45) is 0 Å². The van der Waals surface area contributed by atoms with Gasteiger partial charge >= 0.3 is 29.6 Å². The van der Waals surface area contributed by atoms with Crippen molar-refractivity contribution in [2.75, 3.05) is 7.11 Å². The van der Waals surface area contributed by atoms with Crippen molar-refractivity contribution in [2.45, 2.75) is 0 Å². The van der Waals surface area contributed by atoms with Crippen LogP contribution in [0.25, 0.3) is 22.2 Å². The first-order chi connectivity index (χ1) is 10.7. The Morgan fingerprint density at radius 1 is 1.00 bits per heavy atom. The van der Waals surface area contributed by atoms with Crippen molar-refractivity contribution in [3.05, 3.63) is 58.8 Å². The fourth-order valence-corrected chi connectivity index (χ4v) is 2.38. The molecule has 0 fully saturated rings. The minimum absolute atomic E-state index is 0. The molecule has 0 N–H and O–H groups in total. The molecule has 0 aliphatic carbocycles.